The van der Waals surface area contributed by atoms with Gasteiger partial charge in [-0.15, -0.1) is 0 Å². The lowest BCUT2D eigenvalue weighted by Gasteiger charge is -2.17. The highest BCUT2D eigenvalue weighted by Crippen LogP contribution is 2.39. The number of ether oxygens (including phenoxy) is 4. The van der Waals surface area contributed by atoms with Crippen LogP contribution < -0.4 is 14.8 Å². The molecule has 0 radical (unpaired) electrons. The molecule has 0 atom stereocenters. The summed E-state index contributed by atoms with van der Waals surface area (Å²) in [6.07, 6.45) is -0.227. The lowest BCUT2D eigenvalue weighted by molar-refractivity contribution is -0.133. The van der Waals surface area contributed by atoms with Crippen LogP contribution in [0.5, 0.6) is 11.5 Å². The topological polar surface area (TPSA) is 49.0 Å². The van der Waals surface area contributed by atoms with Crippen LogP contribution in [0.3, 0.4) is 0 Å². The fourth-order valence-electron chi connectivity index (χ4n) is 1.99. The van der Waals surface area contributed by atoms with Gasteiger partial charge >= 0.3 is 0 Å². The van der Waals surface area contributed by atoms with Crippen LogP contribution in [-0.4, -0.2) is 32.8 Å². The fraction of sp³-hybridized carbons (Fsp3) is 0.571. The molecule has 1 heterocycles. The number of nitrogens with one attached hydrogen (secondary N) is 1. The number of benzene rings is 1. The first-order chi connectivity index (χ1) is 9.74. The highest BCUT2D eigenvalue weighted by Gasteiger charge is 2.18. The molecule has 0 aromatic heterocycles. The molecule has 2 rings (SSSR count). The van der Waals surface area contributed by atoms with Gasteiger partial charge in [0.2, 0.25) is 6.79 Å². The standard InChI is InChI=1S/C14H20ClNO4/c1-3-17-13(18-4-2)8-16-7-10-5-11(15)14-12(6-10)19-9-20-14/h5-6,13,16H,3-4,7-9H2,1-2H3. The molecular formula is C14H20ClNO4. The number of halogens is 1. The first-order valence-electron chi connectivity index (χ1n) is 6.76. The van der Waals surface area contributed by atoms with Gasteiger partial charge in [-0.05, 0) is 31.5 Å². The molecule has 1 aromatic carbocycles. The molecular weight excluding hydrogens is 282 g/mol. The van der Waals surface area contributed by atoms with E-state index in [2.05, 4.69) is 5.32 Å². The molecule has 0 aliphatic carbocycles. The van der Waals surface area contributed by atoms with Crippen molar-refractivity contribution in [2.24, 2.45) is 0 Å². The van der Waals surface area contributed by atoms with E-state index < -0.39 is 0 Å². The zero-order chi connectivity index (χ0) is 14.4. The van der Waals surface area contributed by atoms with Crippen LogP contribution in [0.15, 0.2) is 12.1 Å². The van der Waals surface area contributed by atoms with Gasteiger partial charge in [0.15, 0.2) is 17.8 Å². The van der Waals surface area contributed by atoms with Crippen molar-refractivity contribution >= 4 is 11.6 Å². The Kier molecular flexibility index (Phi) is 5.91. The smallest absolute Gasteiger partial charge is 0.231 e. The maximum Gasteiger partial charge on any atom is 0.231 e. The minimum Gasteiger partial charge on any atom is -0.454 e. The lowest BCUT2D eigenvalue weighted by Crippen LogP contribution is -2.31. The Hall–Kier alpha value is -1.01. The quantitative estimate of drug-likeness (QED) is 0.748. The molecule has 0 saturated carbocycles. The molecule has 5 nitrogen and oxygen atoms in total. The van der Waals surface area contributed by atoms with E-state index in [1.54, 1.807) is 0 Å². The summed E-state index contributed by atoms with van der Waals surface area (Å²) in [5.74, 6) is 1.32. The Labute approximate surface area is 124 Å². The van der Waals surface area contributed by atoms with Gasteiger partial charge in [0.25, 0.3) is 0 Å². The Bertz CT molecular complexity index is 435. The van der Waals surface area contributed by atoms with E-state index in [0.29, 0.717) is 42.8 Å². The molecule has 6 heteroatoms. The van der Waals surface area contributed by atoms with Crippen molar-refractivity contribution in [3.8, 4) is 11.5 Å². The van der Waals surface area contributed by atoms with Gasteiger partial charge in [-0.2, -0.15) is 0 Å². The third-order valence-corrected chi connectivity index (χ3v) is 3.11. The van der Waals surface area contributed by atoms with Crippen molar-refractivity contribution in [3.05, 3.63) is 22.7 Å². The Morgan fingerprint density at radius 3 is 2.70 bits per heavy atom. The molecule has 20 heavy (non-hydrogen) atoms. The maximum absolute atomic E-state index is 6.13. The molecule has 1 aromatic rings. The van der Waals surface area contributed by atoms with Crippen molar-refractivity contribution in [1.29, 1.82) is 0 Å². The highest BCUT2D eigenvalue weighted by atomic mass is 35.5. The Morgan fingerprint density at radius 2 is 2.00 bits per heavy atom. The van der Waals surface area contributed by atoms with Crippen LogP contribution in [0.2, 0.25) is 5.02 Å². The van der Waals surface area contributed by atoms with Crippen LogP contribution in [0.1, 0.15) is 19.4 Å². The molecule has 1 aliphatic heterocycles. The Morgan fingerprint density at radius 1 is 1.25 bits per heavy atom. The van der Waals surface area contributed by atoms with Crippen molar-refractivity contribution in [3.63, 3.8) is 0 Å². The average molecular weight is 302 g/mol. The van der Waals surface area contributed by atoms with Gasteiger partial charge < -0.3 is 24.3 Å². The summed E-state index contributed by atoms with van der Waals surface area (Å²) in [7, 11) is 0. The zero-order valence-electron chi connectivity index (χ0n) is 11.8. The van der Waals surface area contributed by atoms with Crippen LogP contribution in [0.4, 0.5) is 0 Å². The minimum atomic E-state index is -0.227. The van der Waals surface area contributed by atoms with Crippen molar-refractivity contribution in [1.82, 2.24) is 5.32 Å². The Balaban J connectivity index is 1.86. The van der Waals surface area contributed by atoms with Gasteiger partial charge in [0.1, 0.15) is 0 Å². The van der Waals surface area contributed by atoms with Crippen LogP contribution in [0.25, 0.3) is 0 Å². The second-order valence-corrected chi connectivity index (χ2v) is 4.69. The summed E-state index contributed by atoms with van der Waals surface area (Å²) in [5, 5.41) is 3.86. The second-order valence-electron chi connectivity index (χ2n) is 4.28. The summed E-state index contributed by atoms with van der Waals surface area (Å²) in [6.45, 7) is 6.65. The van der Waals surface area contributed by atoms with E-state index in [1.165, 1.54) is 0 Å². The summed E-state index contributed by atoms with van der Waals surface area (Å²) < 4.78 is 21.5. The number of hydrogen-bond donors (Lipinski definition) is 1. The lowest BCUT2D eigenvalue weighted by atomic mass is 10.2. The van der Waals surface area contributed by atoms with E-state index in [4.69, 9.17) is 30.5 Å². The molecule has 0 spiro atoms. The number of rotatable bonds is 8. The zero-order valence-corrected chi connectivity index (χ0v) is 12.5. The molecule has 0 bridgehead atoms. The second kappa shape index (κ2) is 7.69. The summed E-state index contributed by atoms with van der Waals surface area (Å²) in [6, 6.07) is 3.80. The van der Waals surface area contributed by atoms with E-state index in [-0.39, 0.29) is 13.1 Å². The molecule has 1 aliphatic rings. The van der Waals surface area contributed by atoms with Crippen molar-refractivity contribution in [2.45, 2.75) is 26.7 Å². The van der Waals surface area contributed by atoms with Gasteiger partial charge in [0, 0.05) is 26.3 Å². The average Bonchev–Trinajstić information content (AvgIpc) is 2.88. The molecule has 112 valence electrons. The number of fused-ring (bicyclic) bond motifs is 1. The fourth-order valence-corrected chi connectivity index (χ4v) is 2.28. The molecule has 0 saturated heterocycles. The number of hydrogen-bond acceptors (Lipinski definition) is 5. The third kappa shape index (κ3) is 3.99. The third-order valence-electron chi connectivity index (χ3n) is 2.83. The van der Waals surface area contributed by atoms with E-state index >= 15 is 0 Å². The maximum atomic E-state index is 6.13. The van der Waals surface area contributed by atoms with Crippen LogP contribution >= 0.6 is 11.6 Å². The highest BCUT2D eigenvalue weighted by molar-refractivity contribution is 6.32. The first kappa shape index (κ1) is 15.4. The molecule has 0 amide bonds. The predicted octanol–water partition coefficient (Wildman–Crippen LogP) is 2.56. The summed E-state index contributed by atoms with van der Waals surface area (Å²) in [5.41, 5.74) is 1.03. The van der Waals surface area contributed by atoms with Crippen molar-refractivity contribution in [2.75, 3.05) is 26.6 Å². The van der Waals surface area contributed by atoms with Gasteiger partial charge in [-0.3, -0.25) is 0 Å². The largest absolute Gasteiger partial charge is 0.454 e. The van der Waals surface area contributed by atoms with E-state index in [0.717, 1.165) is 5.56 Å². The van der Waals surface area contributed by atoms with Gasteiger partial charge in [-0.25, -0.2) is 0 Å². The van der Waals surface area contributed by atoms with E-state index in [1.807, 2.05) is 26.0 Å². The predicted molar refractivity (Wildman–Crippen MR) is 76.3 cm³/mol. The SMILES string of the molecule is CCOC(CNCc1cc(Cl)c2c(c1)OCO2)OCC. The monoisotopic (exact) mass is 301 g/mol. The summed E-state index contributed by atoms with van der Waals surface area (Å²) in [4.78, 5) is 0. The molecule has 1 N–H and O–H groups in total. The van der Waals surface area contributed by atoms with Crippen LogP contribution in [-0.2, 0) is 16.0 Å². The van der Waals surface area contributed by atoms with Gasteiger partial charge in [-0.1, -0.05) is 11.6 Å². The summed E-state index contributed by atoms with van der Waals surface area (Å²) >= 11 is 6.13. The normalized spacial score (nSPS) is 13.2. The van der Waals surface area contributed by atoms with E-state index in [9.17, 15) is 0 Å². The van der Waals surface area contributed by atoms with Crippen molar-refractivity contribution < 1.29 is 18.9 Å². The molecule has 0 unspecified atom stereocenters. The van der Waals surface area contributed by atoms with Crippen LogP contribution in [0, 0.1) is 0 Å². The first-order valence-corrected chi connectivity index (χ1v) is 7.14. The van der Waals surface area contributed by atoms with Gasteiger partial charge in [0.05, 0.1) is 5.02 Å². The minimum absolute atomic E-state index is 0.225. The molecule has 0 fully saturated rings.